The maximum Gasteiger partial charge on any atom is 0.342 e. The lowest BCUT2D eigenvalue weighted by Gasteiger charge is -2.55. The van der Waals surface area contributed by atoms with Crippen LogP contribution in [-0.4, -0.2) is 74.9 Å². The molecule has 7 atom stereocenters. The van der Waals surface area contributed by atoms with Crippen molar-refractivity contribution in [2.24, 2.45) is 5.92 Å². The number of hydrogen-bond donors (Lipinski definition) is 6. The van der Waals surface area contributed by atoms with E-state index < -0.39 is 53.7 Å². The second-order valence-electron chi connectivity index (χ2n) is 10.3. The summed E-state index contributed by atoms with van der Waals surface area (Å²) >= 11 is 0. The van der Waals surface area contributed by atoms with E-state index >= 15 is 0 Å². The molecule has 1 aromatic rings. The zero-order chi connectivity index (χ0) is 25.7. The van der Waals surface area contributed by atoms with E-state index in [0.29, 0.717) is 12.0 Å². The van der Waals surface area contributed by atoms with Crippen LogP contribution in [0, 0.1) is 5.92 Å². The van der Waals surface area contributed by atoms with Gasteiger partial charge in [0.2, 0.25) is 5.91 Å². The van der Waals surface area contributed by atoms with Crippen molar-refractivity contribution in [1.29, 1.82) is 0 Å². The SMILES string of the molecule is CC(C)C[C@H](NC(=O)[C@@H](O)C1O[C@](C)(O)[C@@]2(C)NC(=O)C[C@@H]1N2)[C@@H]1Cc2cccc(O)c2C(=O)O1. The standard InChI is InChI=1S/C24H33N3O8/c1-11(2)8-13(16-9-12-6-5-7-15(28)18(12)22(32)34-16)25-21(31)19(30)20-14-10-17(29)27-23(3,26-14)24(4,33)35-20/h5-7,11,13-14,16,19-20,26,28,30,33H,8-10H2,1-4H3,(H,25,31)(H,27,29)/t13-,14-,16-,19-,20?,23+,24-/m0/s1. The third kappa shape index (κ3) is 4.73. The Kier molecular flexibility index (Phi) is 6.56. The lowest BCUT2D eigenvalue weighted by molar-refractivity contribution is -0.312. The number of aromatic hydroxyl groups is 1. The zero-order valence-corrected chi connectivity index (χ0v) is 20.2. The van der Waals surface area contributed by atoms with E-state index in [1.807, 2.05) is 13.8 Å². The molecule has 6 N–H and O–H groups in total. The summed E-state index contributed by atoms with van der Waals surface area (Å²) in [6.45, 7) is 6.81. The van der Waals surface area contributed by atoms with Crippen molar-refractivity contribution in [2.45, 2.75) is 88.8 Å². The zero-order valence-electron chi connectivity index (χ0n) is 20.2. The van der Waals surface area contributed by atoms with Crippen molar-refractivity contribution in [3.05, 3.63) is 29.3 Å². The molecule has 1 aromatic carbocycles. The van der Waals surface area contributed by atoms with Gasteiger partial charge in [0.05, 0.1) is 6.04 Å². The number of fused-ring (bicyclic) bond motifs is 3. The highest BCUT2D eigenvalue weighted by Gasteiger charge is 2.58. The third-order valence-electron chi connectivity index (χ3n) is 7.05. The topological polar surface area (TPSA) is 166 Å². The molecule has 0 radical (unpaired) electrons. The van der Waals surface area contributed by atoms with Crippen LogP contribution in [0.15, 0.2) is 18.2 Å². The molecule has 3 aliphatic heterocycles. The number of phenolic OH excluding ortho intramolecular Hbond substituents is 1. The summed E-state index contributed by atoms with van der Waals surface area (Å²) in [6, 6.07) is 3.43. The fraction of sp³-hybridized carbons (Fsp3) is 0.625. The Bertz CT molecular complexity index is 1030. The number of nitrogens with one attached hydrogen (secondary N) is 3. The Morgan fingerprint density at radius 3 is 2.66 bits per heavy atom. The van der Waals surface area contributed by atoms with Gasteiger partial charge in [0, 0.05) is 18.9 Å². The first-order valence-corrected chi connectivity index (χ1v) is 11.8. The second-order valence-corrected chi connectivity index (χ2v) is 10.3. The molecule has 11 heteroatoms. The van der Waals surface area contributed by atoms with E-state index in [-0.39, 0.29) is 36.0 Å². The molecule has 35 heavy (non-hydrogen) atoms. The number of ether oxygens (including phenoxy) is 2. The Hall–Kier alpha value is -2.73. The number of morpholine rings is 1. The molecule has 2 saturated heterocycles. The highest BCUT2D eigenvalue weighted by molar-refractivity contribution is 5.95. The van der Waals surface area contributed by atoms with Gasteiger partial charge in [-0.2, -0.15) is 0 Å². The molecule has 11 nitrogen and oxygen atoms in total. The average molecular weight is 492 g/mol. The van der Waals surface area contributed by atoms with Gasteiger partial charge >= 0.3 is 5.97 Å². The summed E-state index contributed by atoms with van der Waals surface area (Å²) in [5.41, 5.74) is -0.561. The number of esters is 1. The number of amides is 2. The molecular weight excluding hydrogens is 458 g/mol. The number of aliphatic hydroxyl groups is 2. The molecule has 0 aliphatic carbocycles. The fourth-order valence-corrected chi connectivity index (χ4v) is 5.09. The number of aliphatic hydroxyl groups excluding tert-OH is 1. The van der Waals surface area contributed by atoms with Crippen LogP contribution in [0.5, 0.6) is 5.75 Å². The first-order valence-electron chi connectivity index (χ1n) is 11.8. The molecule has 1 unspecified atom stereocenters. The van der Waals surface area contributed by atoms with Gasteiger partial charge in [0.25, 0.3) is 5.91 Å². The Morgan fingerprint density at radius 2 is 1.97 bits per heavy atom. The molecule has 0 saturated carbocycles. The van der Waals surface area contributed by atoms with Gasteiger partial charge in [-0.3, -0.25) is 14.9 Å². The van der Waals surface area contributed by atoms with Crippen LogP contribution >= 0.6 is 0 Å². The first kappa shape index (κ1) is 25.4. The predicted octanol–water partition coefficient (Wildman–Crippen LogP) is -0.333. The van der Waals surface area contributed by atoms with Crippen LogP contribution in [0.3, 0.4) is 0 Å². The highest BCUT2D eigenvalue weighted by Crippen LogP contribution is 2.35. The largest absolute Gasteiger partial charge is 0.507 e. The monoisotopic (exact) mass is 491 g/mol. The van der Waals surface area contributed by atoms with Crippen molar-refractivity contribution in [2.75, 3.05) is 0 Å². The first-order chi connectivity index (χ1) is 16.3. The Labute approximate surface area is 203 Å². The van der Waals surface area contributed by atoms with Crippen molar-refractivity contribution in [1.82, 2.24) is 16.0 Å². The van der Waals surface area contributed by atoms with Gasteiger partial charge in [-0.25, -0.2) is 4.79 Å². The van der Waals surface area contributed by atoms with Crippen molar-refractivity contribution < 1.29 is 39.2 Å². The average Bonchev–Trinajstić information content (AvgIpc) is 2.74. The second kappa shape index (κ2) is 9.05. The molecular formula is C24H33N3O8. The van der Waals surface area contributed by atoms with Gasteiger partial charge in [0.15, 0.2) is 11.9 Å². The van der Waals surface area contributed by atoms with Gasteiger partial charge in [-0.05, 0) is 37.8 Å². The van der Waals surface area contributed by atoms with Crippen LogP contribution in [0.2, 0.25) is 0 Å². The normalized spacial score (nSPS) is 33.9. The minimum Gasteiger partial charge on any atom is -0.507 e. The van der Waals surface area contributed by atoms with Crippen molar-refractivity contribution in [3.63, 3.8) is 0 Å². The summed E-state index contributed by atoms with van der Waals surface area (Å²) in [4.78, 5) is 37.9. The summed E-state index contributed by atoms with van der Waals surface area (Å²) in [7, 11) is 0. The van der Waals surface area contributed by atoms with Crippen LogP contribution < -0.4 is 16.0 Å². The van der Waals surface area contributed by atoms with E-state index in [9.17, 15) is 29.7 Å². The summed E-state index contributed by atoms with van der Waals surface area (Å²) < 4.78 is 11.3. The quantitative estimate of drug-likeness (QED) is 0.292. The molecule has 2 amide bonds. The van der Waals surface area contributed by atoms with Gasteiger partial charge < -0.3 is 35.4 Å². The molecule has 0 aromatic heterocycles. The lowest BCUT2D eigenvalue weighted by atomic mass is 9.87. The number of phenols is 1. The summed E-state index contributed by atoms with van der Waals surface area (Å²) in [5, 5.41) is 40.2. The van der Waals surface area contributed by atoms with Gasteiger partial charge in [-0.1, -0.05) is 26.0 Å². The van der Waals surface area contributed by atoms with Crippen molar-refractivity contribution in [3.8, 4) is 5.75 Å². The third-order valence-corrected chi connectivity index (χ3v) is 7.05. The minimum atomic E-state index is -1.90. The highest BCUT2D eigenvalue weighted by atomic mass is 16.6. The van der Waals surface area contributed by atoms with E-state index in [4.69, 9.17) is 9.47 Å². The van der Waals surface area contributed by atoms with Crippen LogP contribution in [0.25, 0.3) is 0 Å². The predicted molar refractivity (Wildman–Crippen MR) is 122 cm³/mol. The molecule has 2 fully saturated rings. The van der Waals surface area contributed by atoms with E-state index in [1.54, 1.807) is 19.1 Å². The molecule has 0 spiro atoms. The minimum absolute atomic E-state index is 0.0450. The van der Waals surface area contributed by atoms with Crippen LogP contribution in [0.4, 0.5) is 0 Å². The molecule has 4 rings (SSSR count). The van der Waals surface area contributed by atoms with Crippen molar-refractivity contribution >= 4 is 17.8 Å². The molecule has 3 heterocycles. The number of cyclic esters (lactones) is 1. The Balaban J connectivity index is 1.52. The van der Waals surface area contributed by atoms with Crippen LogP contribution in [0.1, 0.15) is 56.5 Å². The number of benzene rings is 1. The fourth-order valence-electron chi connectivity index (χ4n) is 5.09. The van der Waals surface area contributed by atoms with Gasteiger partial charge in [-0.15, -0.1) is 0 Å². The molecule has 3 aliphatic rings. The number of carbonyl (C=O) groups is 3. The maximum atomic E-state index is 13.2. The van der Waals surface area contributed by atoms with Gasteiger partial charge in [0.1, 0.15) is 29.2 Å². The molecule has 2 bridgehead atoms. The lowest BCUT2D eigenvalue weighted by Crippen LogP contribution is -2.82. The van der Waals surface area contributed by atoms with E-state index in [2.05, 4.69) is 16.0 Å². The smallest absolute Gasteiger partial charge is 0.342 e. The number of hydrogen-bond acceptors (Lipinski definition) is 9. The summed E-state index contributed by atoms with van der Waals surface area (Å²) in [6.07, 6.45) is -2.93. The molecule has 192 valence electrons. The van der Waals surface area contributed by atoms with Crippen LogP contribution in [-0.2, 0) is 25.5 Å². The Morgan fingerprint density at radius 1 is 1.26 bits per heavy atom. The number of rotatable bonds is 6. The summed E-state index contributed by atoms with van der Waals surface area (Å²) in [5.74, 6) is -3.73. The van der Waals surface area contributed by atoms with E-state index in [0.717, 1.165) is 0 Å². The number of carbonyl (C=O) groups excluding carboxylic acids is 3. The van der Waals surface area contributed by atoms with E-state index in [1.165, 1.54) is 13.0 Å². The maximum absolute atomic E-state index is 13.2.